The van der Waals surface area contributed by atoms with E-state index in [0.29, 0.717) is 22.4 Å². The van der Waals surface area contributed by atoms with E-state index in [2.05, 4.69) is 22.5 Å². The van der Waals surface area contributed by atoms with Crippen LogP contribution in [0.1, 0.15) is 69.4 Å². The van der Waals surface area contributed by atoms with Crippen LogP contribution in [0, 0.1) is 5.92 Å². The summed E-state index contributed by atoms with van der Waals surface area (Å²) < 4.78 is 0. The largest absolute Gasteiger partial charge is 0.352 e. The lowest BCUT2D eigenvalue weighted by atomic mass is 9.81. The first-order valence-corrected chi connectivity index (χ1v) is 14.0. The molecule has 2 saturated carbocycles. The van der Waals surface area contributed by atoms with Crippen molar-refractivity contribution in [3.8, 4) is 0 Å². The summed E-state index contributed by atoms with van der Waals surface area (Å²) in [5.41, 5.74) is 1.54. The first-order valence-electron chi connectivity index (χ1n) is 13.3. The van der Waals surface area contributed by atoms with Gasteiger partial charge in [0.2, 0.25) is 11.8 Å². The number of hydrogen-bond donors (Lipinski definition) is 2. The Morgan fingerprint density at radius 1 is 1.06 bits per heavy atom. The van der Waals surface area contributed by atoms with E-state index in [1.165, 1.54) is 6.42 Å². The summed E-state index contributed by atoms with van der Waals surface area (Å²) in [4.78, 5) is 29.8. The third kappa shape index (κ3) is 5.16. The Morgan fingerprint density at radius 2 is 1.83 bits per heavy atom. The monoisotopic (exact) mass is 527 g/mol. The quantitative estimate of drug-likeness (QED) is 0.442. The van der Waals surface area contributed by atoms with Gasteiger partial charge in [0.25, 0.3) is 0 Å². The maximum Gasteiger partial charge on any atom is 0.249 e. The highest BCUT2D eigenvalue weighted by Gasteiger charge is 2.54. The molecule has 2 fully saturated rings. The Morgan fingerprint density at radius 3 is 2.56 bits per heavy atom. The molecule has 3 aliphatic rings. The van der Waals surface area contributed by atoms with E-state index in [4.69, 9.17) is 23.2 Å². The van der Waals surface area contributed by atoms with Crippen molar-refractivity contribution in [3.63, 3.8) is 0 Å². The zero-order chi connectivity index (χ0) is 25.3. The molecule has 0 bridgehead atoms. The van der Waals surface area contributed by atoms with Crippen molar-refractivity contribution in [2.75, 3.05) is 11.9 Å². The molecule has 2 aromatic rings. The number of fused-ring (bicyclic) bond motifs is 1. The van der Waals surface area contributed by atoms with Crippen LogP contribution in [-0.2, 0) is 21.5 Å². The van der Waals surface area contributed by atoms with Crippen LogP contribution in [0.3, 0.4) is 0 Å². The van der Waals surface area contributed by atoms with Crippen molar-refractivity contribution in [2.24, 2.45) is 5.92 Å². The van der Waals surface area contributed by atoms with E-state index in [1.54, 1.807) is 0 Å². The van der Waals surface area contributed by atoms with Crippen LogP contribution in [-0.4, -0.2) is 35.3 Å². The van der Waals surface area contributed by atoms with Gasteiger partial charge in [0, 0.05) is 39.8 Å². The Labute approximate surface area is 223 Å². The molecule has 3 atom stereocenters. The molecule has 5 rings (SSSR count). The van der Waals surface area contributed by atoms with E-state index in [1.807, 2.05) is 42.5 Å². The molecule has 5 nitrogen and oxygen atoms in total. The van der Waals surface area contributed by atoms with Gasteiger partial charge in [-0.2, -0.15) is 0 Å². The Kier molecular flexibility index (Phi) is 7.62. The van der Waals surface area contributed by atoms with Gasteiger partial charge in [-0.15, -0.1) is 0 Å². The Bertz CT molecular complexity index is 1130. The maximum absolute atomic E-state index is 14.0. The highest BCUT2D eigenvalue weighted by atomic mass is 35.5. The number of nitrogens with zero attached hydrogens (tertiary/aromatic N) is 1. The van der Waals surface area contributed by atoms with Crippen LogP contribution in [0.15, 0.2) is 42.5 Å². The summed E-state index contributed by atoms with van der Waals surface area (Å²) in [7, 11) is 0. The van der Waals surface area contributed by atoms with Crippen LogP contribution < -0.4 is 10.6 Å². The summed E-state index contributed by atoms with van der Waals surface area (Å²) in [6, 6.07) is 13.6. The number of anilines is 1. The smallest absolute Gasteiger partial charge is 0.249 e. The minimum Gasteiger partial charge on any atom is -0.352 e. The lowest BCUT2D eigenvalue weighted by molar-refractivity contribution is -0.134. The van der Waals surface area contributed by atoms with Crippen molar-refractivity contribution >= 4 is 40.7 Å². The molecule has 2 aliphatic carbocycles. The molecular weight excluding hydrogens is 493 g/mol. The summed E-state index contributed by atoms with van der Waals surface area (Å²) in [6.07, 6.45) is 9.05. The number of benzene rings is 2. The summed E-state index contributed by atoms with van der Waals surface area (Å²) in [5, 5.41) is 7.60. The molecule has 192 valence electrons. The average Bonchev–Trinajstić information content (AvgIpc) is 3.39. The van der Waals surface area contributed by atoms with Gasteiger partial charge >= 0.3 is 0 Å². The predicted molar refractivity (Wildman–Crippen MR) is 145 cm³/mol. The third-order valence-corrected chi connectivity index (χ3v) is 8.75. The predicted octanol–water partition coefficient (Wildman–Crippen LogP) is 6.32. The summed E-state index contributed by atoms with van der Waals surface area (Å²) in [5.74, 6) is 0.447. The molecule has 2 aromatic carbocycles. The Hall–Kier alpha value is -2.08. The molecule has 1 heterocycles. The van der Waals surface area contributed by atoms with Gasteiger partial charge < -0.3 is 10.6 Å². The van der Waals surface area contributed by atoms with Crippen molar-refractivity contribution < 1.29 is 9.59 Å². The highest BCUT2D eigenvalue weighted by Crippen LogP contribution is 2.47. The van der Waals surface area contributed by atoms with E-state index < -0.39 is 5.54 Å². The zero-order valence-corrected chi connectivity index (χ0v) is 22.4. The first-order chi connectivity index (χ1) is 17.3. The molecular formula is C29H35Cl2N3O2. The number of hydrogen-bond acceptors (Lipinski definition) is 3. The minimum absolute atomic E-state index is 0.00198. The molecule has 0 aromatic heterocycles. The van der Waals surface area contributed by atoms with Crippen LogP contribution >= 0.6 is 23.2 Å². The molecule has 36 heavy (non-hydrogen) atoms. The minimum atomic E-state index is -1.02. The van der Waals surface area contributed by atoms with Gasteiger partial charge in [0.15, 0.2) is 0 Å². The molecule has 2 unspecified atom stereocenters. The number of halogens is 2. The fourth-order valence-electron chi connectivity index (χ4n) is 6.54. The fourth-order valence-corrected chi connectivity index (χ4v) is 6.93. The van der Waals surface area contributed by atoms with Crippen LogP contribution in [0.5, 0.6) is 0 Å². The molecule has 0 spiro atoms. The normalized spacial score (nSPS) is 26.2. The lowest BCUT2D eigenvalue weighted by Gasteiger charge is -2.43. The summed E-state index contributed by atoms with van der Waals surface area (Å²) in [6.45, 7) is 2.44. The molecule has 2 N–H and O–H groups in total. The zero-order valence-electron chi connectivity index (χ0n) is 20.9. The van der Waals surface area contributed by atoms with E-state index in [9.17, 15) is 9.59 Å². The Balaban J connectivity index is 1.56. The maximum atomic E-state index is 14.0. The first kappa shape index (κ1) is 25.6. The average molecular weight is 529 g/mol. The SMILES string of the molecule is C[C@@H]1CCC(N(CC(=O)NC2CCCCC2)C2(Cc3cccc(Cl)c3)C(=O)Nc3cc(Cl)ccc32)C1. The standard InChI is InChI=1S/C29H35Cl2N3O2/c1-19-10-12-24(14-19)34(18-27(35)32-23-8-3-2-4-9-23)29(17-20-6-5-7-21(30)15-20)25-13-11-22(31)16-26(25)33-28(29)36/h5-7,11,13,15-16,19,23-24H,2-4,8-10,12,14,17-18H2,1H3,(H,32,35)(H,33,36)/t19-,24?,29?/m1/s1. The van der Waals surface area contributed by atoms with Gasteiger partial charge in [-0.1, -0.05) is 67.6 Å². The number of carbonyl (C=O) groups is 2. The second-order valence-electron chi connectivity index (χ2n) is 10.9. The number of amides is 2. The number of nitrogens with one attached hydrogen (secondary N) is 2. The van der Waals surface area contributed by atoms with E-state index >= 15 is 0 Å². The van der Waals surface area contributed by atoms with Crippen molar-refractivity contribution in [3.05, 3.63) is 63.6 Å². The highest BCUT2D eigenvalue weighted by molar-refractivity contribution is 6.31. The second-order valence-corrected chi connectivity index (χ2v) is 11.8. The van der Waals surface area contributed by atoms with Crippen LogP contribution in [0.25, 0.3) is 0 Å². The second kappa shape index (κ2) is 10.7. The molecule has 1 aliphatic heterocycles. The van der Waals surface area contributed by atoms with Crippen molar-refractivity contribution in [2.45, 2.75) is 82.3 Å². The van der Waals surface area contributed by atoms with Crippen LogP contribution in [0.4, 0.5) is 5.69 Å². The van der Waals surface area contributed by atoms with Crippen molar-refractivity contribution in [1.29, 1.82) is 0 Å². The van der Waals surface area contributed by atoms with E-state index in [-0.39, 0.29) is 30.4 Å². The van der Waals surface area contributed by atoms with Gasteiger partial charge in [0.05, 0.1) is 6.54 Å². The van der Waals surface area contributed by atoms with Gasteiger partial charge in [-0.05, 0) is 67.9 Å². The topological polar surface area (TPSA) is 61.4 Å². The fraction of sp³-hybridized carbons (Fsp3) is 0.517. The van der Waals surface area contributed by atoms with Crippen LogP contribution in [0.2, 0.25) is 10.0 Å². The third-order valence-electron chi connectivity index (χ3n) is 8.28. The molecule has 7 heteroatoms. The summed E-state index contributed by atoms with van der Waals surface area (Å²) >= 11 is 12.7. The van der Waals surface area contributed by atoms with Crippen molar-refractivity contribution in [1.82, 2.24) is 10.2 Å². The molecule has 0 saturated heterocycles. The number of carbonyl (C=O) groups excluding carboxylic acids is 2. The van der Waals surface area contributed by atoms with Gasteiger partial charge in [-0.25, -0.2) is 0 Å². The number of rotatable bonds is 7. The van der Waals surface area contributed by atoms with E-state index in [0.717, 1.165) is 61.8 Å². The van der Waals surface area contributed by atoms with Gasteiger partial charge in [-0.3, -0.25) is 14.5 Å². The molecule has 0 radical (unpaired) electrons. The van der Waals surface area contributed by atoms with Gasteiger partial charge in [0.1, 0.15) is 5.54 Å². The molecule has 2 amide bonds. The lowest BCUT2D eigenvalue weighted by Crippen LogP contribution is -2.59.